The summed E-state index contributed by atoms with van der Waals surface area (Å²) in [4.78, 5) is 19.0. The Labute approximate surface area is 184 Å². The molecule has 2 aliphatic heterocycles. The number of hydrogen-bond acceptors (Lipinski definition) is 3. The first-order chi connectivity index (χ1) is 15.2. The number of benzene rings is 3. The molecule has 1 fully saturated rings. The number of piperazine rings is 1. The molecule has 3 aromatic rings. The minimum Gasteiger partial charge on any atom is -0.315 e. The molecular formula is C27H29N3O. The SMILES string of the molecule is CN1C(=O)Cc2cc(CCN3CCN(C4Cc5cccc6cccc4c56)CC3)ccc21. The van der Waals surface area contributed by atoms with E-state index in [-0.39, 0.29) is 5.91 Å². The number of carbonyl (C=O) groups is 1. The van der Waals surface area contributed by atoms with Gasteiger partial charge in [-0.2, -0.15) is 0 Å². The summed E-state index contributed by atoms with van der Waals surface area (Å²) in [5, 5.41) is 2.89. The van der Waals surface area contributed by atoms with Crippen molar-refractivity contribution >= 4 is 22.4 Å². The number of hydrogen-bond donors (Lipinski definition) is 0. The van der Waals surface area contributed by atoms with Gasteiger partial charge < -0.3 is 9.80 Å². The second kappa shape index (κ2) is 7.47. The van der Waals surface area contributed by atoms with Crippen LogP contribution in [0.5, 0.6) is 0 Å². The highest BCUT2D eigenvalue weighted by Gasteiger charge is 2.31. The Morgan fingerprint density at radius 1 is 0.935 bits per heavy atom. The van der Waals surface area contributed by atoms with Gasteiger partial charge in [-0.15, -0.1) is 0 Å². The lowest BCUT2D eigenvalue weighted by molar-refractivity contribution is -0.117. The van der Waals surface area contributed by atoms with Gasteiger partial charge >= 0.3 is 0 Å². The molecule has 0 saturated carbocycles. The highest BCUT2D eigenvalue weighted by molar-refractivity contribution is 6.00. The molecule has 4 heteroatoms. The van der Waals surface area contributed by atoms with Gasteiger partial charge in [0.05, 0.1) is 6.42 Å². The second-order valence-corrected chi connectivity index (χ2v) is 9.30. The second-order valence-electron chi connectivity index (χ2n) is 9.30. The molecule has 0 spiro atoms. The molecular weight excluding hydrogens is 382 g/mol. The van der Waals surface area contributed by atoms with Crippen molar-refractivity contribution in [3.8, 4) is 0 Å². The van der Waals surface area contributed by atoms with Gasteiger partial charge in [0, 0.05) is 51.5 Å². The van der Waals surface area contributed by atoms with Crippen LogP contribution in [-0.4, -0.2) is 55.5 Å². The molecule has 0 N–H and O–H groups in total. The summed E-state index contributed by atoms with van der Waals surface area (Å²) in [7, 11) is 1.87. The Balaban J connectivity index is 1.08. The smallest absolute Gasteiger partial charge is 0.231 e. The third-order valence-corrected chi connectivity index (χ3v) is 7.58. The Morgan fingerprint density at radius 3 is 2.58 bits per heavy atom. The number of likely N-dealkylation sites (N-methyl/N-ethyl adjacent to an activating group) is 1. The molecule has 1 aliphatic carbocycles. The first-order valence-corrected chi connectivity index (χ1v) is 11.5. The van der Waals surface area contributed by atoms with E-state index in [2.05, 4.69) is 64.4 Å². The van der Waals surface area contributed by atoms with E-state index >= 15 is 0 Å². The summed E-state index contributed by atoms with van der Waals surface area (Å²) in [5.74, 6) is 0.202. The maximum atomic E-state index is 11.9. The molecule has 0 bridgehead atoms. The van der Waals surface area contributed by atoms with Crippen LogP contribution in [0.1, 0.15) is 28.3 Å². The predicted octanol–water partition coefficient (Wildman–Crippen LogP) is 3.82. The summed E-state index contributed by atoms with van der Waals surface area (Å²) < 4.78 is 0. The molecule has 1 unspecified atom stereocenters. The van der Waals surface area contributed by atoms with Crippen LogP contribution < -0.4 is 4.90 Å². The van der Waals surface area contributed by atoms with Crippen molar-refractivity contribution in [2.75, 3.05) is 44.7 Å². The minimum atomic E-state index is 0.202. The average molecular weight is 412 g/mol. The normalized spacial score (nSPS) is 21.3. The van der Waals surface area contributed by atoms with Crippen LogP contribution in [-0.2, 0) is 24.1 Å². The molecule has 6 rings (SSSR count). The number of carbonyl (C=O) groups excluding carboxylic acids is 1. The maximum absolute atomic E-state index is 11.9. The van der Waals surface area contributed by atoms with E-state index < -0.39 is 0 Å². The fourth-order valence-corrected chi connectivity index (χ4v) is 5.81. The lowest BCUT2D eigenvalue weighted by atomic mass is 10.0. The van der Waals surface area contributed by atoms with Gasteiger partial charge in [-0.25, -0.2) is 0 Å². The summed E-state index contributed by atoms with van der Waals surface area (Å²) in [6, 6.07) is 20.7. The number of anilines is 1. The van der Waals surface area contributed by atoms with E-state index in [1.165, 1.54) is 33.0 Å². The van der Waals surface area contributed by atoms with Crippen molar-refractivity contribution in [3.63, 3.8) is 0 Å². The molecule has 0 aromatic heterocycles. The van der Waals surface area contributed by atoms with E-state index in [0.717, 1.165) is 51.3 Å². The molecule has 2 heterocycles. The Morgan fingerprint density at radius 2 is 1.74 bits per heavy atom. The van der Waals surface area contributed by atoms with E-state index in [0.29, 0.717) is 12.5 Å². The molecule has 1 atom stereocenters. The van der Waals surface area contributed by atoms with Crippen molar-refractivity contribution in [2.45, 2.75) is 25.3 Å². The van der Waals surface area contributed by atoms with Crippen LogP contribution in [0.25, 0.3) is 10.8 Å². The zero-order valence-corrected chi connectivity index (χ0v) is 18.2. The summed E-state index contributed by atoms with van der Waals surface area (Å²) in [6.45, 7) is 5.64. The van der Waals surface area contributed by atoms with Gasteiger partial charge in [0.1, 0.15) is 0 Å². The molecule has 3 aliphatic rings. The Hall–Kier alpha value is -2.69. The highest BCUT2D eigenvalue weighted by Crippen LogP contribution is 2.40. The lowest BCUT2D eigenvalue weighted by Gasteiger charge is -2.38. The molecule has 1 saturated heterocycles. The molecule has 4 nitrogen and oxygen atoms in total. The fourth-order valence-electron chi connectivity index (χ4n) is 5.81. The molecule has 1 amide bonds. The van der Waals surface area contributed by atoms with Crippen molar-refractivity contribution in [2.24, 2.45) is 0 Å². The van der Waals surface area contributed by atoms with Crippen LogP contribution in [0.2, 0.25) is 0 Å². The molecule has 158 valence electrons. The summed E-state index contributed by atoms with van der Waals surface area (Å²) in [5.41, 5.74) is 6.66. The minimum absolute atomic E-state index is 0.202. The zero-order chi connectivity index (χ0) is 20.9. The topological polar surface area (TPSA) is 26.8 Å². The zero-order valence-electron chi connectivity index (χ0n) is 18.2. The van der Waals surface area contributed by atoms with Gasteiger partial charge in [-0.1, -0.05) is 48.5 Å². The largest absolute Gasteiger partial charge is 0.315 e. The first-order valence-electron chi connectivity index (χ1n) is 11.5. The highest BCUT2D eigenvalue weighted by atomic mass is 16.2. The third kappa shape index (κ3) is 3.26. The van der Waals surface area contributed by atoms with Crippen molar-refractivity contribution in [1.82, 2.24) is 9.80 Å². The van der Waals surface area contributed by atoms with Crippen molar-refractivity contribution in [3.05, 3.63) is 76.9 Å². The van der Waals surface area contributed by atoms with E-state index in [4.69, 9.17) is 0 Å². The maximum Gasteiger partial charge on any atom is 0.231 e. The van der Waals surface area contributed by atoms with Gasteiger partial charge in [0.2, 0.25) is 5.91 Å². The van der Waals surface area contributed by atoms with E-state index in [1.807, 2.05) is 7.05 Å². The van der Waals surface area contributed by atoms with Gasteiger partial charge in [0.25, 0.3) is 0 Å². The van der Waals surface area contributed by atoms with Crippen LogP contribution in [0.15, 0.2) is 54.6 Å². The summed E-state index contributed by atoms with van der Waals surface area (Å²) in [6.07, 6.45) is 2.76. The molecule has 0 radical (unpaired) electrons. The van der Waals surface area contributed by atoms with Gasteiger partial charge in [-0.05, 0) is 51.9 Å². The third-order valence-electron chi connectivity index (χ3n) is 7.58. The monoisotopic (exact) mass is 411 g/mol. The first kappa shape index (κ1) is 19.0. The standard InChI is InChI=1S/C27H29N3O/c1-28-24-9-8-19(16-22(24)18-26(28)31)10-11-29-12-14-30(15-13-29)25-17-21-6-2-4-20-5-3-7-23(25)27(20)21/h2-9,16,25H,10-15,17-18H2,1H3. The van der Waals surface area contributed by atoms with Crippen LogP contribution in [0.3, 0.4) is 0 Å². The van der Waals surface area contributed by atoms with E-state index in [9.17, 15) is 4.79 Å². The molecule has 31 heavy (non-hydrogen) atoms. The summed E-state index contributed by atoms with van der Waals surface area (Å²) >= 11 is 0. The quantitative estimate of drug-likeness (QED) is 0.653. The van der Waals surface area contributed by atoms with Crippen LogP contribution in [0, 0.1) is 0 Å². The fraction of sp³-hybridized carbons (Fsp3) is 0.370. The number of amides is 1. The van der Waals surface area contributed by atoms with Crippen molar-refractivity contribution < 1.29 is 4.79 Å². The lowest BCUT2D eigenvalue weighted by Crippen LogP contribution is -2.48. The van der Waals surface area contributed by atoms with E-state index in [1.54, 1.807) is 4.90 Å². The van der Waals surface area contributed by atoms with Crippen molar-refractivity contribution in [1.29, 1.82) is 0 Å². The Bertz CT molecular complexity index is 1160. The number of fused-ring (bicyclic) bond motifs is 1. The Kier molecular flexibility index (Phi) is 4.58. The number of nitrogens with zero attached hydrogens (tertiary/aromatic N) is 3. The van der Waals surface area contributed by atoms with Gasteiger partial charge in [0.15, 0.2) is 0 Å². The average Bonchev–Trinajstić information content (AvgIpc) is 3.31. The number of rotatable bonds is 4. The predicted molar refractivity (Wildman–Crippen MR) is 126 cm³/mol. The van der Waals surface area contributed by atoms with Crippen LogP contribution >= 0.6 is 0 Å². The van der Waals surface area contributed by atoms with Gasteiger partial charge in [-0.3, -0.25) is 9.69 Å². The van der Waals surface area contributed by atoms with Crippen LogP contribution in [0.4, 0.5) is 5.69 Å². The molecule has 3 aromatic carbocycles.